The molecular weight excluding hydrogens is 346 g/mol. The van der Waals surface area contributed by atoms with Crippen LogP contribution in [0.4, 0.5) is 0 Å². The zero-order valence-corrected chi connectivity index (χ0v) is 16.5. The van der Waals surface area contributed by atoms with Crippen molar-refractivity contribution in [2.75, 3.05) is 6.61 Å². The first-order chi connectivity index (χ1) is 12.5. The minimum Gasteiger partial charge on any atom is -0.485 e. The fourth-order valence-corrected chi connectivity index (χ4v) is 2.91. The number of ketones is 1. The largest absolute Gasteiger partial charge is 0.485 e. The Morgan fingerprint density at radius 2 is 2.15 bits per heavy atom. The molecule has 140 valence electrons. The van der Waals surface area contributed by atoms with Gasteiger partial charge in [-0.2, -0.15) is 0 Å². The minimum atomic E-state index is -0.167. The van der Waals surface area contributed by atoms with Gasteiger partial charge in [-0.25, -0.2) is 0 Å². The quantitative estimate of drug-likeness (QED) is 0.228. The third-order valence-electron chi connectivity index (χ3n) is 3.75. The maximum Gasteiger partial charge on any atom is 0.218 e. The first kappa shape index (κ1) is 21.9. The lowest BCUT2D eigenvalue weighted by Gasteiger charge is -2.11. The van der Waals surface area contributed by atoms with Crippen molar-refractivity contribution in [2.24, 2.45) is 5.92 Å². The van der Waals surface area contributed by atoms with E-state index in [2.05, 4.69) is 18.5 Å². The average molecular weight is 374 g/mol. The number of rotatable bonds is 12. The molecule has 0 amide bonds. The number of carbonyl (C=O) groups is 2. The smallest absolute Gasteiger partial charge is 0.218 e. The zero-order valence-electron chi connectivity index (χ0n) is 15.7. The summed E-state index contributed by atoms with van der Waals surface area (Å²) < 4.78 is 5.61. The van der Waals surface area contributed by atoms with E-state index in [4.69, 9.17) is 4.74 Å². The van der Waals surface area contributed by atoms with E-state index in [1.165, 1.54) is 11.8 Å². The number of Topliss-reactive ketones (excluding diaryl/α,β-unsaturated/α-hetero) is 1. The van der Waals surface area contributed by atoms with Crippen molar-refractivity contribution in [3.05, 3.63) is 66.2 Å². The molecule has 2 unspecified atom stereocenters. The normalized spacial score (nSPS) is 14.0. The molecule has 0 aliphatic carbocycles. The zero-order chi connectivity index (χ0) is 19.4. The highest BCUT2D eigenvalue weighted by molar-refractivity contribution is 8.12. The van der Waals surface area contributed by atoms with Crippen molar-refractivity contribution in [3.8, 4) is 0 Å². The van der Waals surface area contributed by atoms with Crippen LogP contribution in [0.15, 0.2) is 55.0 Å². The van der Waals surface area contributed by atoms with Crippen molar-refractivity contribution in [3.63, 3.8) is 0 Å². The molecule has 26 heavy (non-hydrogen) atoms. The third-order valence-corrected chi connectivity index (χ3v) is 4.52. The van der Waals surface area contributed by atoms with E-state index in [0.717, 1.165) is 24.0 Å². The molecule has 0 fully saturated rings. The molecule has 0 aliphatic rings. The van der Waals surface area contributed by atoms with Gasteiger partial charge in [-0.15, -0.1) is 0 Å². The maximum atomic E-state index is 12.2. The predicted octanol–water partition coefficient (Wildman–Crippen LogP) is 4.81. The highest BCUT2D eigenvalue weighted by Crippen LogP contribution is 2.18. The lowest BCUT2D eigenvalue weighted by molar-refractivity contribution is 0.0865. The Labute approximate surface area is 160 Å². The second-order valence-electron chi connectivity index (χ2n) is 6.04. The van der Waals surface area contributed by atoms with Crippen molar-refractivity contribution in [1.29, 1.82) is 0 Å². The van der Waals surface area contributed by atoms with E-state index in [0.29, 0.717) is 11.5 Å². The highest BCUT2D eigenvalue weighted by atomic mass is 32.2. The summed E-state index contributed by atoms with van der Waals surface area (Å²) in [4.78, 5) is 26.9. The lowest BCUT2D eigenvalue weighted by atomic mass is 10.1. The number of carbonyl (C=O) groups excluding carboxylic acids is 2. The summed E-state index contributed by atoms with van der Waals surface area (Å²) in [5.41, 5.74) is 2.37. The first-order valence-corrected chi connectivity index (χ1v) is 9.65. The molecule has 0 spiro atoms. The van der Waals surface area contributed by atoms with Crippen LogP contribution in [0.2, 0.25) is 0 Å². The van der Waals surface area contributed by atoms with Crippen LogP contribution in [0.3, 0.4) is 0 Å². The predicted molar refractivity (Wildman–Crippen MR) is 109 cm³/mol. The summed E-state index contributed by atoms with van der Waals surface area (Å²) >= 11 is 1.29. The number of pyridine rings is 1. The summed E-state index contributed by atoms with van der Waals surface area (Å²) in [5, 5.41) is 0.263. The number of aryl methyl sites for hydroxylation is 1. The Hall–Kier alpha value is -2.14. The Kier molecular flexibility index (Phi) is 10.3. The second kappa shape index (κ2) is 12.3. The first-order valence-electron chi connectivity index (χ1n) is 8.71. The molecule has 0 N–H and O–H groups in total. The van der Waals surface area contributed by atoms with E-state index >= 15 is 0 Å². The summed E-state index contributed by atoms with van der Waals surface area (Å²) in [6.45, 7) is 9.74. The summed E-state index contributed by atoms with van der Waals surface area (Å²) in [6.07, 6.45) is 10.7. The molecule has 4 nitrogen and oxygen atoms in total. The van der Waals surface area contributed by atoms with Crippen LogP contribution in [-0.4, -0.2) is 28.2 Å². The van der Waals surface area contributed by atoms with Crippen LogP contribution in [0.5, 0.6) is 0 Å². The molecule has 2 atom stereocenters. The Morgan fingerprint density at radius 1 is 1.38 bits per heavy atom. The number of thioether (sulfide) groups is 1. The van der Waals surface area contributed by atoms with Gasteiger partial charge in [0, 0.05) is 11.4 Å². The van der Waals surface area contributed by atoms with Gasteiger partial charge in [-0.05, 0) is 42.5 Å². The Bertz CT molecular complexity index is 650. The second-order valence-corrected chi connectivity index (χ2v) is 7.31. The van der Waals surface area contributed by atoms with Gasteiger partial charge in [0.05, 0.1) is 0 Å². The molecule has 0 saturated heterocycles. The molecule has 0 aliphatic heterocycles. The fourth-order valence-electron chi connectivity index (χ4n) is 2.30. The molecule has 1 heterocycles. The van der Waals surface area contributed by atoms with E-state index in [9.17, 15) is 9.59 Å². The monoisotopic (exact) mass is 373 g/mol. The van der Waals surface area contributed by atoms with Gasteiger partial charge in [-0.3, -0.25) is 14.6 Å². The van der Waals surface area contributed by atoms with Crippen LogP contribution < -0.4 is 0 Å². The molecule has 1 aromatic heterocycles. The van der Waals surface area contributed by atoms with Gasteiger partial charge in [0.25, 0.3) is 0 Å². The van der Waals surface area contributed by atoms with Crippen molar-refractivity contribution >= 4 is 23.2 Å². The van der Waals surface area contributed by atoms with Crippen LogP contribution in [0.1, 0.15) is 43.2 Å². The molecule has 0 aromatic carbocycles. The van der Waals surface area contributed by atoms with E-state index in [1.807, 2.05) is 32.1 Å². The van der Waals surface area contributed by atoms with Crippen LogP contribution in [0, 0.1) is 5.92 Å². The third kappa shape index (κ3) is 8.30. The number of ether oxygens (including phenoxy) is 1. The minimum absolute atomic E-state index is 0.0751. The van der Waals surface area contributed by atoms with Gasteiger partial charge >= 0.3 is 0 Å². The van der Waals surface area contributed by atoms with Gasteiger partial charge < -0.3 is 4.74 Å². The van der Waals surface area contributed by atoms with Crippen molar-refractivity contribution < 1.29 is 14.3 Å². The average Bonchev–Trinajstić information content (AvgIpc) is 2.64. The number of hydrogen-bond acceptors (Lipinski definition) is 5. The number of allylic oxidation sites excluding steroid dienone is 4. The molecule has 0 radical (unpaired) electrons. The highest BCUT2D eigenvalue weighted by Gasteiger charge is 2.09. The van der Waals surface area contributed by atoms with Crippen molar-refractivity contribution in [2.45, 2.75) is 38.9 Å². The van der Waals surface area contributed by atoms with Crippen LogP contribution in [-0.2, 0) is 16.0 Å². The molecular formula is C21H27NO3S. The number of aromatic nitrogens is 1. The molecule has 0 saturated carbocycles. The summed E-state index contributed by atoms with van der Waals surface area (Å²) in [6, 6.07) is 3.63. The van der Waals surface area contributed by atoms with E-state index in [-0.39, 0.29) is 23.6 Å². The van der Waals surface area contributed by atoms with Crippen LogP contribution >= 0.6 is 11.8 Å². The molecule has 0 bridgehead atoms. The molecule has 5 heteroatoms. The van der Waals surface area contributed by atoms with E-state index < -0.39 is 0 Å². The Balaban J connectivity index is 2.60. The SMILES string of the molecule is C=C/C=C(\C=C/C(C)CC(C)SC=O)OCC(=O)c1ccc(CC)cn1. The topological polar surface area (TPSA) is 56.3 Å². The van der Waals surface area contributed by atoms with Gasteiger partial charge in [0.1, 0.15) is 11.5 Å². The Morgan fingerprint density at radius 3 is 2.73 bits per heavy atom. The number of hydrogen-bond donors (Lipinski definition) is 0. The number of nitrogens with zero attached hydrogens (tertiary/aromatic N) is 1. The summed E-state index contributed by atoms with van der Waals surface area (Å²) in [5.74, 6) is 0.689. The van der Waals surface area contributed by atoms with Crippen LogP contribution in [0.25, 0.3) is 0 Å². The van der Waals surface area contributed by atoms with Gasteiger partial charge in [0.2, 0.25) is 5.78 Å². The molecule has 1 rings (SSSR count). The maximum absolute atomic E-state index is 12.2. The summed E-state index contributed by atoms with van der Waals surface area (Å²) in [7, 11) is 0. The van der Waals surface area contributed by atoms with Crippen molar-refractivity contribution in [1.82, 2.24) is 4.98 Å². The lowest BCUT2D eigenvalue weighted by Crippen LogP contribution is -2.10. The van der Waals surface area contributed by atoms with Gasteiger partial charge in [0.15, 0.2) is 12.2 Å². The molecule has 1 aromatic rings. The fraction of sp³-hybridized carbons (Fsp3) is 0.381. The van der Waals surface area contributed by atoms with Gasteiger partial charge in [-0.1, -0.05) is 57.3 Å². The standard InChI is InChI=1S/C21H27NO3S/c1-5-7-19(10-8-16(3)12-17(4)26-15-23)25-14-21(24)20-11-9-18(6-2)13-22-20/h5,7-11,13,15-17H,1,6,12,14H2,2-4H3/b10-8-,19-7+. The van der Waals surface area contributed by atoms with E-state index in [1.54, 1.807) is 24.4 Å².